The molecule has 294 valence electrons. The van der Waals surface area contributed by atoms with E-state index in [1.165, 1.54) is 23.3 Å². The van der Waals surface area contributed by atoms with Gasteiger partial charge in [-0.1, -0.05) is 114 Å². The molecule has 4 nitrogen and oxygen atoms in total. The van der Waals surface area contributed by atoms with Crippen LogP contribution in [0.2, 0.25) is 0 Å². The molecule has 0 saturated heterocycles. The minimum Gasteiger partial charge on any atom is -0.309 e. The van der Waals surface area contributed by atoms with Crippen molar-refractivity contribution in [2.75, 3.05) is 0 Å². The highest BCUT2D eigenvalue weighted by Gasteiger charge is 2.34. The number of fused-ring (bicyclic) bond motifs is 6. The number of benzene rings is 7. The first-order valence-electron chi connectivity index (χ1n) is 19.9. The lowest BCUT2D eigenvalue weighted by atomic mass is 9.86. The zero-order valence-electron chi connectivity index (χ0n) is 34.2. The molecule has 7 aromatic carbocycles. The Morgan fingerprint density at radius 2 is 1.05 bits per heavy atom. The number of alkyl halides is 3. The molecule has 7 heteroatoms. The van der Waals surface area contributed by atoms with E-state index in [4.69, 9.17) is 6.57 Å². The Kier molecular flexibility index (Phi) is 8.81. The van der Waals surface area contributed by atoms with Crippen LogP contribution in [0.5, 0.6) is 0 Å². The number of para-hydroxylation sites is 2. The van der Waals surface area contributed by atoms with E-state index in [1.807, 2.05) is 48.5 Å². The van der Waals surface area contributed by atoms with Crippen LogP contribution < -0.4 is 0 Å². The summed E-state index contributed by atoms with van der Waals surface area (Å²) >= 11 is 0. The minimum absolute atomic E-state index is 0.0264. The number of halogens is 3. The number of rotatable bonds is 4. The monoisotopic (exact) mass is 790 g/mol. The zero-order chi connectivity index (χ0) is 42.3. The van der Waals surface area contributed by atoms with Gasteiger partial charge >= 0.3 is 6.18 Å². The van der Waals surface area contributed by atoms with Gasteiger partial charge in [-0.05, 0) is 99.8 Å². The van der Waals surface area contributed by atoms with Crippen LogP contribution in [0.3, 0.4) is 0 Å². The van der Waals surface area contributed by atoms with Gasteiger partial charge < -0.3 is 9.13 Å². The average molecular weight is 791 g/mol. The maximum absolute atomic E-state index is 14.8. The van der Waals surface area contributed by atoms with Gasteiger partial charge in [0, 0.05) is 32.7 Å². The minimum atomic E-state index is -4.71. The lowest BCUT2D eigenvalue weighted by molar-refractivity contribution is -0.137. The molecule has 2 aromatic heterocycles. The van der Waals surface area contributed by atoms with Crippen molar-refractivity contribution >= 4 is 49.3 Å². The quantitative estimate of drug-likeness (QED) is 0.164. The predicted octanol–water partition coefficient (Wildman–Crippen LogP) is 15.3. The second kappa shape index (κ2) is 13.8. The Balaban J connectivity index is 1.42. The van der Waals surface area contributed by atoms with Gasteiger partial charge in [-0.25, -0.2) is 4.85 Å². The fourth-order valence-electron chi connectivity index (χ4n) is 8.61. The van der Waals surface area contributed by atoms with E-state index in [2.05, 4.69) is 122 Å². The molecule has 0 aliphatic carbocycles. The van der Waals surface area contributed by atoms with Crippen molar-refractivity contribution in [3.8, 4) is 39.7 Å². The number of nitrogens with zero attached hydrogens (tertiary/aromatic N) is 4. The zero-order valence-corrected chi connectivity index (χ0v) is 34.2. The molecule has 0 aliphatic rings. The van der Waals surface area contributed by atoms with Crippen LogP contribution in [0.25, 0.3) is 82.1 Å². The van der Waals surface area contributed by atoms with Crippen LogP contribution in [-0.4, -0.2) is 9.13 Å². The first-order valence-corrected chi connectivity index (χ1v) is 19.9. The molecular formula is C53H41F3N4. The van der Waals surface area contributed by atoms with Crippen LogP contribution in [0.1, 0.15) is 63.8 Å². The number of aromatic nitrogens is 2. The Morgan fingerprint density at radius 1 is 0.517 bits per heavy atom. The number of nitriles is 1. The van der Waals surface area contributed by atoms with Crippen molar-refractivity contribution < 1.29 is 13.2 Å². The van der Waals surface area contributed by atoms with E-state index >= 15 is 0 Å². The summed E-state index contributed by atoms with van der Waals surface area (Å²) in [6.07, 6.45) is -4.71. The molecule has 0 unspecified atom stereocenters. The molecule has 0 saturated carbocycles. The first-order chi connectivity index (χ1) is 28.6. The fourth-order valence-corrected chi connectivity index (χ4v) is 8.61. The van der Waals surface area contributed by atoms with Crippen LogP contribution in [-0.2, 0) is 17.0 Å². The SMILES string of the molecule is [C-]#[N+]c1ccc(-c2ccc(-n3c4ccccc4c4cc(C(C)(C)C)ccc43)c(-c3ccc(C#N)cc3-n3c4ccccc4c4cc(C(C)(C)C)ccc43)c2)c(C(F)(F)F)c1. The van der Waals surface area contributed by atoms with E-state index in [-0.39, 0.29) is 22.1 Å². The van der Waals surface area contributed by atoms with Crippen molar-refractivity contribution in [3.63, 3.8) is 0 Å². The lowest BCUT2D eigenvalue weighted by Gasteiger charge is -2.22. The predicted molar refractivity (Wildman–Crippen MR) is 239 cm³/mol. The van der Waals surface area contributed by atoms with Crippen LogP contribution in [0, 0.1) is 17.9 Å². The number of hydrogen-bond donors (Lipinski definition) is 0. The Bertz CT molecular complexity index is 3300. The second-order valence-corrected chi connectivity index (χ2v) is 17.6. The van der Waals surface area contributed by atoms with E-state index in [0.717, 1.165) is 66.6 Å². The Morgan fingerprint density at radius 3 is 1.58 bits per heavy atom. The van der Waals surface area contributed by atoms with Crippen molar-refractivity contribution in [3.05, 3.63) is 173 Å². The molecule has 60 heavy (non-hydrogen) atoms. The Hall–Kier alpha value is -7.09. The van der Waals surface area contributed by atoms with Gasteiger partial charge in [0.05, 0.1) is 57.2 Å². The molecule has 0 aliphatic heterocycles. The summed E-state index contributed by atoms with van der Waals surface area (Å²) in [5.74, 6) is 0. The molecule has 0 atom stereocenters. The van der Waals surface area contributed by atoms with E-state index in [0.29, 0.717) is 16.7 Å². The molecule has 9 aromatic rings. The second-order valence-electron chi connectivity index (χ2n) is 17.6. The topological polar surface area (TPSA) is 38.0 Å². The van der Waals surface area contributed by atoms with Crippen molar-refractivity contribution in [2.24, 2.45) is 0 Å². The maximum Gasteiger partial charge on any atom is 0.415 e. The van der Waals surface area contributed by atoms with Crippen molar-refractivity contribution in [1.82, 2.24) is 9.13 Å². The molecule has 0 N–H and O–H groups in total. The summed E-state index contributed by atoms with van der Waals surface area (Å²) in [5.41, 5.74) is 8.66. The maximum atomic E-state index is 14.8. The summed E-state index contributed by atoms with van der Waals surface area (Å²) in [6.45, 7) is 20.6. The van der Waals surface area contributed by atoms with Gasteiger partial charge in [-0.3, -0.25) is 0 Å². The smallest absolute Gasteiger partial charge is 0.309 e. The molecule has 9 rings (SSSR count). The molecular weight excluding hydrogens is 750 g/mol. The summed E-state index contributed by atoms with van der Waals surface area (Å²) < 4.78 is 48.9. The summed E-state index contributed by atoms with van der Waals surface area (Å²) in [5, 5.41) is 14.6. The molecule has 0 amide bonds. The normalized spacial score (nSPS) is 12.4. The third-order valence-electron chi connectivity index (χ3n) is 11.7. The highest BCUT2D eigenvalue weighted by molar-refractivity contribution is 6.12. The third-order valence-corrected chi connectivity index (χ3v) is 11.7. The number of hydrogen-bond acceptors (Lipinski definition) is 1. The summed E-state index contributed by atoms with van der Waals surface area (Å²) in [4.78, 5) is 3.31. The first kappa shape index (κ1) is 38.4. The molecule has 0 fully saturated rings. The van der Waals surface area contributed by atoms with Gasteiger partial charge in [-0.2, -0.15) is 18.4 Å². The third kappa shape index (κ3) is 6.30. The van der Waals surface area contributed by atoms with Gasteiger partial charge in [0.2, 0.25) is 0 Å². The van der Waals surface area contributed by atoms with Crippen LogP contribution >= 0.6 is 0 Å². The van der Waals surface area contributed by atoms with Gasteiger partial charge in [0.25, 0.3) is 0 Å². The van der Waals surface area contributed by atoms with Crippen molar-refractivity contribution in [2.45, 2.75) is 58.5 Å². The van der Waals surface area contributed by atoms with E-state index in [9.17, 15) is 18.4 Å². The molecule has 2 heterocycles. The highest BCUT2D eigenvalue weighted by atomic mass is 19.4. The van der Waals surface area contributed by atoms with Crippen LogP contribution in [0.15, 0.2) is 140 Å². The van der Waals surface area contributed by atoms with Crippen LogP contribution in [0.4, 0.5) is 18.9 Å². The standard InChI is InChI=1S/C53H41F3N4/c1-51(2,3)34-18-24-48-42(28-34)38-12-8-10-14-45(38)59(48)47-23-17-33(37-22-20-36(58-7)30-44(37)53(54,55)56)27-41(47)40-21-16-32(31-57)26-50(40)60-46-15-11-9-13-39(46)43-29-35(52(4,5)6)19-25-49(43)60/h8-30H,1-6H3. The summed E-state index contributed by atoms with van der Waals surface area (Å²) in [7, 11) is 0. The highest BCUT2D eigenvalue weighted by Crippen LogP contribution is 2.46. The lowest BCUT2D eigenvalue weighted by Crippen LogP contribution is -2.10. The van der Waals surface area contributed by atoms with E-state index < -0.39 is 11.7 Å². The van der Waals surface area contributed by atoms with Gasteiger partial charge in [0.1, 0.15) is 0 Å². The molecule has 0 spiro atoms. The largest absolute Gasteiger partial charge is 0.415 e. The van der Waals surface area contributed by atoms with Gasteiger partial charge in [0.15, 0.2) is 5.69 Å². The molecule has 0 radical (unpaired) electrons. The Labute approximate surface area is 347 Å². The molecule has 0 bridgehead atoms. The summed E-state index contributed by atoms with van der Waals surface area (Å²) in [6, 6.07) is 46.6. The van der Waals surface area contributed by atoms with Crippen molar-refractivity contribution in [1.29, 1.82) is 5.26 Å². The van der Waals surface area contributed by atoms with E-state index in [1.54, 1.807) is 12.1 Å². The average Bonchev–Trinajstić information content (AvgIpc) is 3.74. The fraction of sp³-hybridized carbons (Fsp3) is 0.170. The van der Waals surface area contributed by atoms with Gasteiger partial charge in [-0.15, -0.1) is 0 Å².